The maximum atomic E-state index is 10.9. The van der Waals surface area contributed by atoms with Crippen molar-refractivity contribution in [2.75, 3.05) is 39.5 Å². The Bertz CT molecular complexity index is 609. The van der Waals surface area contributed by atoms with E-state index < -0.39 is 36.9 Å². The summed E-state index contributed by atoms with van der Waals surface area (Å²) in [6.07, 6.45) is 1.19. The SMILES string of the molecule is CCCCNC(=O)OC(CO)CO.CCNC(=O)OCC(O)CO.O=Cc1o[c-]nc1O. The summed E-state index contributed by atoms with van der Waals surface area (Å²) in [5.41, 5.74) is 0. The van der Waals surface area contributed by atoms with Gasteiger partial charge in [0.05, 0.1) is 31.5 Å². The van der Waals surface area contributed by atoms with Gasteiger partial charge in [0.1, 0.15) is 31.5 Å². The lowest BCUT2D eigenvalue weighted by Crippen LogP contribution is -2.33. The molecule has 0 bridgehead atoms. The summed E-state index contributed by atoms with van der Waals surface area (Å²) in [7, 11) is 0. The van der Waals surface area contributed by atoms with Gasteiger partial charge in [0.25, 0.3) is 0 Å². The van der Waals surface area contributed by atoms with Crippen LogP contribution in [0.4, 0.5) is 9.59 Å². The zero-order valence-corrected chi connectivity index (χ0v) is 18.0. The first-order valence-electron chi connectivity index (χ1n) is 9.66. The van der Waals surface area contributed by atoms with Gasteiger partial charge in [-0.1, -0.05) is 13.3 Å². The molecule has 0 saturated carbocycles. The summed E-state index contributed by atoms with van der Waals surface area (Å²) in [6.45, 7) is 3.49. The molecule has 0 fully saturated rings. The third-order valence-corrected chi connectivity index (χ3v) is 3.05. The third kappa shape index (κ3) is 17.9. The monoisotopic (exact) mass is 466 g/mol. The number of aliphatic hydroxyl groups is 4. The lowest BCUT2D eigenvalue weighted by molar-refractivity contribution is 0.0223. The minimum Gasteiger partial charge on any atom is -0.567 e. The second kappa shape index (κ2) is 21.3. The summed E-state index contributed by atoms with van der Waals surface area (Å²) in [5.74, 6) is -0.606. The van der Waals surface area contributed by atoms with Crippen molar-refractivity contribution >= 4 is 18.5 Å². The second-order valence-electron chi connectivity index (χ2n) is 5.75. The van der Waals surface area contributed by atoms with Crippen LogP contribution in [-0.4, -0.2) is 101 Å². The third-order valence-electron chi connectivity index (χ3n) is 3.05. The van der Waals surface area contributed by atoms with Crippen LogP contribution in [0.3, 0.4) is 0 Å². The molecule has 1 rings (SSSR count). The van der Waals surface area contributed by atoms with Gasteiger partial charge in [-0.05, 0) is 13.3 Å². The second-order valence-corrected chi connectivity index (χ2v) is 5.75. The van der Waals surface area contributed by atoms with Crippen molar-refractivity contribution in [3.63, 3.8) is 0 Å². The van der Waals surface area contributed by atoms with Gasteiger partial charge in [-0.2, -0.15) is 0 Å². The Balaban J connectivity index is 0. The van der Waals surface area contributed by atoms with Crippen LogP contribution in [0, 0.1) is 6.39 Å². The highest BCUT2D eigenvalue weighted by atomic mass is 16.6. The molecule has 0 aliphatic carbocycles. The van der Waals surface area contributed by atoms with E-state index in [0.29, 0.717) is 19.4 Å². The number of carbonyl (C=O) groups excluding carboxylic acids is 3. The van der Waals surface area contributed by atoms with Crippen LogP contribution in [0.25, 0.3) is 0 Å². The van der Waals surface area contributed by atoms with E-state index in [4.69, 9.17) is 25.5 Å². The highest BCUT2D eigenvalue weighted by Crippen LogP contribution is 2.08. The molecule has 1 atom stereocenters. The number of ether oxygens (including phenoxy) is 2. The van der Waals surface area contributed by atoms with Gasteiger partial charge in [0.15, 0.2) is 0 Å². The van der Waals surface area contributed by atoms with Crippen LogP contribution >= 0.6 is 0 Å². The van der Waals surface area contributed by atoms with Crippen LogP contribution in [0.2, 0.25) is 0 Å². The largest absolute Gasteiger partial charge is 0.567 e. The zero-order chi connectivity index (χ0) is 24.8. The van der Waals surface area contributed by atoms with E-state index in [0.717, 1.165) is 12.8 Å². The predicted octanol–water partition coefficient (Wildman–Crippen LogP) is -1.06. The molecule has 186 valence electrons. The number of aromatic nitrogens is 1. The number of alkyl carbamates (subject to hydrolysis) is 2. The van der Waals surface area contributed by atoms with Crippen molar-refractivity contribution < 1.29 is 53.8 Å². The predicted molar refractivity (Wildman–Crippen MR) is 108 cm³/mol. The van der Waals surface area contributed by atoms with E-state index in [1.54, 1.807) is 6.92 Å². The average Bonchev–Trinajstić information content (AvgIpc) is 3.22. The fourth-order valence-corrected chi connectivity index (χ4v) is 1.41. The number of aliphatic hydroxyl groups excluding tert-OH is 4. The number of nitrogens with one attached hydrogen (secondary N) is 2. The molecule has 2 amide bonds. The molecule has 1 aromatic rings. The van der Waals surface area contributed by atoms with Gasteiger partial charge >= 0.3 is 12.2 Å². The minimum absolute atomic E-state index is 0.178. The smallest absolute Gasteiger partial charge is 0.407 e. The van der Waals surface area contributed by atoms with Crippen molar-refractivity contribution in [2.45, 2.75) is 38.9 Å². The zero-order valence-electron chi connectivity index (χ0n) is 18.0. The van der Waals surface area contributed by atoms with E-state index in [9.17, 15) is 14.4 Å². The summed E-state index contributed by atoms with van der Waals surface area (Å²) >= 11 is 0. The quantitative estimate of drug-likeness (QED) is 0.118. The topological polar surface area (TPSA) is 221 Å². The fraction of sp³-hybridized carbons (Fsp3) is 0.667. The molecule has 1 unspecified atom stereocenters. The minimum atomic E-state index is -0.988. The Morgan fingerprint density at radius 1 is 1.16 bits per heavy atom. The first-order chi connectivity index (χ1) is 15.3. The summed E-state index contributed by atoms with van der Waals surface area (Å²) in [4.78, 5) is 34.3. The summed E-state index contributed by atoms with van der Waals surface area (Å²) in [6, 6.07) is 0. The molecule has 0 spiro atoms. The van der Waals surface area contributed by atoms with Gasteiger partial charge in [-0.3, -0.25) is 0 Å². The molecule has 1 aromatic heterocycles. The molecular weight excluding hydrogens is 434 g/mol. The first kappa shape index (κ1) is 31.2. The number of aromatic hydroxyl groups is 1. The number of carbonyl (C=O) groups is 3. The van der Waals surface area contributed by atoms with Crippen LogP contribution in [0.5, 0.6) is 5.88 Å². The Hall–Kier alpha value is -2.94. The van der Waals surface area contributed by atoms with Crippen LogP contribution in [0.15, 0.2) is 4.42 Å². The number of amides is 2. The summed E-state index contributed by atoms with van der Waals surface area (Å²) in [5, 5.41) is 47.6. The van der Waals surface area contributed by atoms with E-state index in [-0.39, 0.29) is 25.6 Å². The maximum absolute atomic E-state index is 10.9. The molecule has 32 heavy (non-hydrogen) atoms. The van der Waals surface area contributed by atoms with Crippen molar-refractivity contribution in [3.8, 4) is 5.88 Å². The number of nitrogens with zero attached hydrogens (tertiary/aromatic N) is 1. The molecule has 0 radical (unpaired) electrons. The van der Waals surface area contributed by atoms with Gasteiger partial charge in [0, 0.05) is 13.1 Å². The maximum Gasteiger partial charge on any atom is 0.407 e. The van der Waals surface area contributed by atoms with Crippen LogP contribution in [0.1, 0.15) is 37.2 Å². The lowest BCUT2D eigenvalue weighted by Gasteiger charge is -2.12. The Morgan fingerprint density at radius 2 is 1.81 bits per heavy atom. The molecule has 0 aromatic carbocycles. The van der Waals surface area contributed by atoms with E-state index in [2.05, 4.69) is 29.5 Å². The van der Waals surface area contributed by atoms with Crippen LogP contribution in [-0.2, 0) is 9.47 Å². The van der Waals surface area contributed by atoms with Gasteiger partial charge in [0.2, 0.25) is 0 Å². The summed E-state index contributed by atoms with van der Waals surface area (Å²) < 4.78 is 13.4. The number of aldehydes is 1. The van der Waals surface area contributed by atoms with Gasteiger partial charge in [-0.25, -0.2) is 9.59 Å². The van der Waals surface area contributed by atoms with Crippen LogP contribution < -0.4 is 10.6 Å². The Morgan fingerprint density at radius 3 is 2.22 bits per heavy atom. The van der Waals surface area contributed by atoms with Gasteiger partial charge in [-0.15, -0.1) is 0 Å². The molecule has 14 heteroatoms. The van der Waals surface area contributed by atoms with Crippen molar-refractivity contribution in [1.82, 2.24) is 15.6 Å². The number of hydrogen-bond acceptors (Lipinski definition) is 12. The number of oxazole rings is 1. The highest BCUT2D eigenvalue weighted by Gasteiger charge is 2.10. The van der Waals surface area contributed by atoms with E-state index in [1.165, 1.54) is 0 Å². The Labute approximate surface area is 185 Å². The molecule has 7 N–H and O–H groups in total. The first-order valence-corrected chi connectivity index (χ1v) is 9.66. The normalized spacial score (nSPS) is 10.6. The van der Waals surface area contributed by atoms with Gasteiger partial charge < -0.3 is 59.8 Å². The molecule has 14 nitrogen and oxygen atoms in total. The molecular formula is C18H32N3O11-. The highest BCUT2D eigenvalue weighted by molar-refractivity contribution is 5.73. The number of rotatable bonds is 11. The lowest BCUT2D eigenvalue weighted by atomic mass is 10.3. The standard InChI is InChI=1S/C8H17NO4.C6H13NO4.C4H2NO3/c1-2-3-4-9-8(12)13-7(5-10)6-11;1-2-7-6(10)11-4-5(9)3-8;6-1-3-4(7)5-2-8-3/h7,10-11H,2-6H2,1H3,(H,9,12);5,8-9H,2-4H2,1H3,(H,7,10);1,7H/q;;-1. The number of hydrogen-bond donors (Lipinski definition) is 7. The van der Waals surface area contributed by atoms with Crippen molar-refractivity contribution in [2.24, 2.45) is 0 Å². The fourth-order valence-electron chi connectivity index (χ4n) is 1.41. The molecule has 1 heterocycles. The average molecular weight is 466 g/mol. The molecule has 0 aliphatic heterocycles. The molecule has 0 aliphatic rings. The van der Waals surface area contributed by atoms with Crippen molar-refractivity contribution in [1.29, 1.82) is 0 Å². The van der Waals surface area contributed by atoms with Crippen molar-refractivity contribution in [3.05, 3.63) is 12.2 Å². The van der Waals surface area contributed by atoms with E-state index >= 15 is 0 Å². The number of unbranched alkanes of at least 4 members (excludes halogenated alkanes) is 1. The van der Waals surface area contributed by atoms with E-state index in [1.807, 2.05) is 13.3 Å². The Kier molecular flexibility index (Phi) is 20.8. The molecule has 0 saturated heterocycles.